The normalized spacial score (nSPS) is 11.6. The molecule has 7 heteroatoms. The van der Waals surface area contributed by atoms with Crippen LogP contribution in [0.2, 0.25) is 0 Å². The van der Waals surface area contributed by atoms with Crippen molar-refractivity contribution in [2.45, 2.75) is 19.4 Å². The second-order valence-corrected chi connectivity index (χ2v) is 6.76. The topological polar surface area (TPSA) is 88.5 Å². The van der Waals surface area contributed by atoms with Gasteiger partial charge in [0, 0.05) is 17.3 Å². The van der Waals surface area contributed by atoms with E-state index in [1.54, 1.807) is 12.1 Å². The summed E-state index contributed by atoms with van der Waals surface area (Å²) in [5.74, 6) is -1.54. The lowest BCUT2D eigenvalue weighted by Gasteiger charge is -2.19. The van der Waals surface area contributed by atoms with Crippen LogP contribution in [0.5, 0.6) is 5.75 Å². The van der Waals surface area contributed by atoms with Gasteiger partial charge in [0.2, 0.25) is 0 Å². The van der Waals surface area contributed by atoms with Crippen LogP contribution in [0.3, 0.4) is 0 Å². The van der Waals surface area contributed by atoms with Gasteiger partial charge in [0.15, 0.2) is 0 Å². The van der Waals surface area contributed by atoms with Gasteiger partial charge in [-0.25, -0.2) is 4.39 Å². The van der Waals surface area contributed by atoms with Crippen LogP contribution < -0.4 is 10.1 Å². The second-order valence-electron chi connectivity index (χ2n) is 6.76. The summed E-state index contributed by atoms with van der Waals surface area (Å²) in [7, 11) is 1.47. The number of hydrogen-bond acceptors (Lipinski definition) is 4. The molecule has 154 valence electrons. The number of pyridine rings is 1. The molecule has 0 saturated carbocycles. The number of hydrogen-bond donors (Lipinski definition) is 2. The van der Waals surface area contributed by atoms with Gasteiger partial charge >= 0.3 is 5.97 Å². The summed E-state index contributed by atoms with van der Waals surface area (Å²) >= 11 is 0. The molecule has 0 aliphatic carbocycles. The van der Waals surface area contributed by atoms with E-state index in [-0.39, 0.29) is 23.2 Å². The Bertz CT molecular complexity index is 1080. The van der Waals surface area contributed by atoms with Gasteiger partial charge in [-0.1, -0.05) is 24.3 Å². The van der Waals surface area contributed by atoms with Crippen molar-refractivity contribution in [3.63, 3.8) is 0 Å². The van der Waals surface area contributed by atoms with Gasteiger partial charge in [0.25, 0.3) is 5.91 Å². The van der Waals surface area contributed by atoms with E-state index in [9.17, 15) is 19.1 Å². The number of aryl methyl sites for hydroxylation is 1. The van der Waals surface area contributed by atoms with Gasteiger partial charge in [0.05, 0.1) is 25.3 Å². The van der Waals surface area contributed by atoms with Crippen molar-refractivity contribution in [1.29, 1.82) is 0 Å². The molecule has 0 aliphatic heterocycles. The summed E-state index contributed by atoms with van der Waals surface area (Å²) in [6, 6.07) is 13.8. The smallest absolute Gasteiger partial charge is 0.305 e. The maximum atomic E-state index is 14.3. The molecule has 1 aromatic heterocycles. The molecular formula is C23H21FN2O4. The van der Waals surface area contributed by atoms with E-state index in [1.165, 1.54) is 43.6 Å². The predicted octanol–water partition coefficient (Wildman–Crippen LogP) is 4.15. The molecule has 0 saturated heterocycles. The van der Waals surface area contributed by atoms with E-state index in [1.807, 2.05) is 19.1 Å². The molecular weight excluding hydrogens is 387 g/mol. The zero-order valence-electron chi connectivity index (χ0n) is 16.6. The maximum Gasteiger partial charge on any atom is 0.305 e. The SMILES string of the molecule is COc1ccc(F)c(-c2cc(C(=O)N[C@@H](CC(=O)O)c3ccccc3C)ccn2)c1. The number of methoxy groups -OCH3 is 1. The van der Waals surface area contributed by atoms with E-state index in [4.69, 9.17) is 4.74 Å². The number of carbonyl (C=O) groups is 2. The third kappa shape index (κ3) is 4.81. The zero-order chi connectivity index (χ0) is 21.7. The summed E-state index contributed by atoms with van der Waals surface area (Å²) in [4.78, 5) is 28.4. The van der Waals surface area contributed by atoms with Gasteiger partial charge in [-0.15, -0.1) is 0 Å². The van der Waals surface area contributed by atoms with Crippen molar-refractivity contribution >= 4 is 11.9 Å². The first kappa shape index (κ1) is 21.0. The number of carboxylic acids is 1. The molecule has 0 spiro atoms. The molecule has 3 rings (SSSR count). The highest BCUT2D eigenvalue weighted by molar-refractivity contribution is 5.95. The summed E-state index contributed by atoms with van der Waals surface area (Å²) < 4.78 is 19.4. The largest absolute Gasteiger partial charge is 0.497 e. The average Bonchev–Trinajstić information content (AvgIpc) is 2.73. The number of nitrogens with zero attached hydrogens (tertiary/aromatic N) is 1. The Morgan fingerprint density at radius 2 is 1.93 bits per heavy atom. The minimum absolute atomic E-state index is 0.199. The van der Waals surface area contributed by atoms with Crippen LogP contribution in [0, 0.1) is 12.7 Å². The van der Waals surface area contributed by atoms with E-state index < -0.39 is 23.7 Å². The predicted molar refractivity (Wildman–Crippen MR) is 110 cm³/mol. The number of rotatable bonds is 7. The van der Waals surface area contributed by atoms with Crippen molar-refractivity contribution in [3.05, 3.63) is 83.3 Å². The first-order chi connectivity index (χ1) is 14.4. The lowest BCUT2D eigenvalue weighted by atomic mass is 9.98. The zero-order valence-corrected chi connectivity index (χ0v) is 16.6. The summed E-state index contributed by atoms with van der Waals surface area (Å²) in [6.45, 7) is 1.85. The van der Waals surface area contributed by atoms with Gasteiger partial charge < -0.3 is 15.2 Å². The molecule has 1 atom stereocenters. The number of amides is 1. The average molecular weight is 408 g/mol. The standard InChI is InChI=1S/C23H21FN2O4/c1-14-5-3-4-6-17(14)21(13-22(27)28)26-23(29)15-9-10-25-20(11-15)18-12-16(30-2)7-8-19(18)24/h3-12,21H,13H2,1-2H3,(H,26,29)(H,27,28)/t21-/m0/s1. The molecule has 3 aromatic rings. The molecule has 0 radical (unpaired) electrons. The van der Waals surface area contributed by atoms with E-state index in [0.29, 0.717) is 5.75 Å². The lowest BCUT2D eigenvalue weighted by Crippen LogP contribution is -2.30. The Balaban J connectivity index is 1.90. The second kappa shape index (κ2) is 9.17. The van der Waals surface area contributed by atoms with Crippen molar-refractivity contribution in [1.82, 2.24) is 10.3 Å². The molecule has 2 N–H and O–H groups in total. The summed E-state index contributed by atoms with van der Waals surface area (Å²) in [5.41, 5.74) is 2.31. The highest BCUT2D eigenvalue weighted by Crippen LogP contribution is 2.27. The van der Waals surface area contributed by atoms with Crippen LogP contribution in [-0.4, -0.2) is 29.1 Å². The van der Waals surface area contributed by atoms with Crippen LogP contribution in [-0.2, 0) is 4.79 Å². The van der Waals surface area contributed by atoms with Crippen LogP contribution in [0.4, 0.5) is 4.39 Å². The highest BCUT2D eigenvalue weighted by Gasteiger charge is 2.21. The monoisotopic (exact) mass is 408 g/mol. The number of ether oxygens (including phenoxy) is 1. The maximum absolute atomic E-state index is 14.3. The fourth-order valence-electron chi connectivity index (χ4n) is 3.18. The van der Waals surface area contributed by atoms with Gasteiger partial charge in [0.1, 0.15) is 11.6 Å². The molecule has 30 heavy (non-hydrogen) atoms. The highest BCUT2D eigenvalue weighted by atomic mass is 19.1. The Hall–Kier alpha value is -3.74. The number of halogens is 1. The number of nitrogens with one attached hydrogen (secondary N) is 1. The lowest BCUT2D eigenvalue weighted by molar-refractivity contribution is -0.137. The van der Waals surface area contributed by atoms with E-state index >= 15 is 0 Å². The molecule has 0 fully saturated rings. The number of benzene rings is 2. The van der Waals surface area contributed by atoms with Crippen LogP contribution in [0.1, 0.15) is 33.9 Å². The van der Waals surface area contributed by atoms with Crippen molar-refractivity contribution in [2.75, 3.05) is 7.11 Å². The number of aromatic nitrogens is 1. The minimum Gasteiger partial charge on any atom is -0.497 e. The van der Waals surface area contributed by atoms with Gasteiger partial charge in [-0.2, -0.15) is 0 Å². The molecule has 6 nitrogen and oxygen atoms in total. The molecule has 0 unspecified atom stereocenters. The molecule has 2 aromatic carbocycles. The fraction of sp³-hybridized carbons (Fsp3) is 0.174. The van der Waals surface area contributed by atoms with E-state index in [2.05, 4.69) is 10.3 Å². The fourth-order valence-corrected chi connectivity index (χ4v) is 3.18. The van der Waals surface area contributed by atoms with Crippen molar-refractivity contribution < 1.29 is 23.8 Å². The molecule has 1 amide bonds. The van der Waals surface area contributed by atoms with Crippen LogP contribution in [0.25, 0.3) is 11.3 Å². The molecule has 1 heterocycles. The number of carbonyl (C=O) groups excluding carboxylic acids is 1. The first-order valence-electron chi connectivity index (χ1n) is 9.27. The van der Waals surface area contributed by atoms with Crippen molar-refractivity contribution in [2.24, 2.45) is 0 Å². The third-order valence-corrected chi connectivity index (χ3v) is 4.72. The molecule has 0 bridgehead atoms. The van der Waals surface area contributed by atoms with Crippen LogP contribution in [0.15, 0.2) is 60.8 Å². The molecule has 0 aliphatic rings. The third-order valence-electron chi connectivity index (χ3n) is 4.72. The first-order valence-corrected chi connectivity index (χ1v) is 9.27. The minimum atomic E-state index is -1.03. The Labute approximate surface area is 173 Å². The summed E-state index contributed by atoms with van der Waals surface area (Å²) in [5, 5.41) is 12.0. The number of carboxylic acid groups (broad SMARTS) is 1. The summed E-state index contributed by atoms with van der Waals surface area (Å²) in [6.07, 6.45) is 1.14. The quantitative estimate of drug-likeness (QED) is 0.613. The Kier molecular flexibility index (Phi) is 6.41. The van der Waals surface area contributed by atoms with Crippen molar-refractivity contribution in [3.8, 4) is 17.0 Å². The Morgan fingerprint density at radius 1 is 1.17 bits per heavy atom. The number of aliphatic carboxylic acids is 1. The Morgan fingerprint density at radius 3 is 2.63 bits per heavy atom. The van der Waals surface area contributed by atoms with E-state index in [0.717, 1.165) is 11.1 Å². The van der Waals surface area contributed by atoms with Gasteiger partial charge in [-0.3, -0.25) is 14.6 Å². The van der Waals surface area contributed by atoms with Gasteiger partial charge in [-0.05, 0) is 48.4 Å². The van der Waals surface area contributed by atoms with Crippen LogP contribution >= 0.6 is 0 Å².